The monoisotopic (exact) mass is 387 g/mol. The van der Waals surface area contributed by atoms with Crippen LogP contribution in [0.4, 0.5) is 0 Å². The van der Waals surface area contributed by atoms with Crippen LogP contribution in [-0.2, 0) is 11.3 Å². The van der Waals surface area contributed by atoms with E-state index in [2.05, 4.69) is 29.4 Å². The number of carbonyl (C=O) groups is 1. The number of hydrogen-bond donors (Lipinski definition) is 2. The van der Waals surface area contributed by atoms with Crippen molar-refractivity contribution in [1.82, 2.24) is 15.5 Å². The average molecular weight is 388 g/mol. The molecule has 6 nitrogen and oxygen atoms in total. The fourth-order valence-electron chi connectivity index (χ4n) is 4.93. The Bertz CT molecular complexity index is 708. The van der Waals surface area contributed by atoms with E-state index in [0.29, 0.717) is 31.8 Å². The number of carbonyl (C=O) groups excluding carboxylic acids is 1. The zero-order chi connectivity index (χ0) is 19.6. The Hall–Kier alpha value is -1.79. The summed E-state index contributed by atoms with van der Waals surface area (Å²) >= 11 is 0. The molecule has 2 saturated heterocycles. The highest BCUT2D eigenvalue weighted by Crippen LogP contribution is 2.38. The van der Waals surface area contributed by atoms with Crippen LogP contribution in [0.5, 0.6) is 11.5 Å². The molecule has 0 radical (unpaired) electrons. The average Bonchev–Trinajstić information content (AvgIpc) is 2.88. The van der Waals surface area contributed by atoms with E-state index in [1.165, 1.54) is 6.42 Å². The number of nitrogens with one attached hydrogen (secondary N) is 2. The fourth-order valence-corrected chi connectivity index (χ4v) is 4.93. The Morgan fingerprint density at radius 3 is 2.86 bits per heavy atom. The minimum atomic E-state index is -0.351. The van der Waals surface area contributed by atoms with Crippen molar-refractivity contribution in [3.05, 3.63) is 23.8 Å². The van der Waals surface area contributed by atoms with Crippen molar-refractivity contribution in [2.45, 2.75) is 70.1 Å². The number of amides is 1. The first-order valence-corrected chi connectivity index (χ1v) is 10.7. The van der Waals surface area contributed by atoms with Gasteiger partial charge in [-0.15, -0.1) is 0 Å². The second-order valence-electron chi connectivity index (χ2n) is 8.67. The molecule has 2 atom stereocenters. The first-order valence-electron chi connectivity index (χ1n) is 10.7. The van der Waals surface area contributed by atoms with E-state index < -0.39 is 0 Å². The van der Waals surface area contributed by atoms with Gasteiger partial charge in [0.05, 0.1) is 13.2 Å². The van der Waals surface area contributed by atoms with Crippen LogP contribution in [0, 0.1) is 0 Å². The van der Waals surface area contributed by atoms with Crippen LogP contribution in [0.15, 0.2) is 18.2 Å². The van der Waals surface area contributed by atoms with Gasteiger partial charge < -0.3 is 20.1 Å². The summed E-state index contributed by atoms with van der Waals surface area (Å²) in [7, 11) is 0. The Kier molecular flexibility index (Phi) is 5.78. The SMILES string of the molecule is CC(C)N[C@@H]1CN2CCCC[C@]2(C(=O)NCc2ccc3c(c2)OCCCO3)C1. The van der Waals surface area contributed by atoms with Gasteiger partial charge in [-0.05, 0) is 49.9 Å². The number of benzene rings is 1. The topological polar surface area (TPSA) is 62.8 Å². The smallest absolute Gasteiger partial charge is 0.240 e. The molecule has 2 fully saturated rings. The molecule has 4 rings (SSSR count). The summed E-state index contributed by atoms with van der Waals surface area (Å²) in [5.41, 5.74) is 0.696. The van der Waals surface area contributed by atoms with Gasteiger partial charge in [0, 0.05) is 31.6 Å². The maximum atomic E-state index is 13.3. The quantitative estimate of drug-likeness (QED) is 0.813. The largest absolute Gasteiger partial charge is 0.490 e. The number of fused-ring (bicyclic) bond motifs is 2. The molecule has 2 N–H and O–H groups in total. The predicted octanol–water partition coefficient (Wildman–Crippen LogP) is 2.46. The summed E-state index contributed by atoms with van der Waals surface area (Å²) in [6, 6.07) is 6.79. The summed E-state index contributed by atoms with van der Waals surface area (Å²) < 4.78 is 11.5. The van der Waals surface area contributed by atoms with Gasteiger partial charge in [0.2, 0.25) is 5.91 Å². The lowest BCUT2D eigenvalue weighted by Gasteiger charge is -2.40. The molecule has 1 aromatic rings. The Labute approximate surface area is 168 Å². The summed E-state index contributed by atoms with van der Waals surface area (Å²) in [5, 5.41) is 6.86. The molecule has 6 heteroatoms. The number of rotatable bonds is 5. The Balaban J connectivity index is 1.43. The second kappa shape index (κ2) is 8.29. The lowest BCUT2D eigenvalue weighted by molar-refractivity contribution is -0.134. The minimum absolute atomic E-state index is 0.173. The third kappa shape index (κ3) is 3.98. The van der Waals surface area contributed by atoms with Gasteiger partial charge in [-0.1, -0.05) is 19.9 Å². The fraction of sp³-hybridized carbons (Fsp3) is 0.682. The molecule has 1 aromatic carbocycles. The molecule has 3 aliphatic rings. The maximum Gasteiger partial charge on any atom is 0.240 e. The molecular weight excluding hydrogens is 354 g/mol. The van der Waals surface area contributed by atoms with Crippen molar-refractivity contribution in [1.29, 1.82) is 0 Å². The van der Waals surface area contributed by atoms with Gasteiger partial charge in [-0.25, -0.2) is 0 Å². The zero-order valence-corrected chi connectivity index (χ0v) is 17.1. The maximum absolute atomic E-state index is 13.3. The molecule has 28 heavy (non-hydrogen) atoms. The minimum Gasteiger partial charge on any atom is -0.490 e. The standard InChI is InChI=1S/C22H33N3O3/c1-16(2)24-18-13-22(8-3-4-9-25(22)15-18)21(26)23-14-17-6-7-19-20(12-17)28-11-5-10-27-19/h6-7,12,16,18,24H,3-5,8-11,13-15H2,1-2H3,(H,23,26)/t18-,22+/m0/s1. The van der Waals surface area contributed by atoms with E-state index in [0.717, 1.165) is 55.8 Å². The van der Waals surface area contributed by atoms with Crippen molar-refractivity contribution in [2.24, 2.45) is 0 Å². The van der Waals surface area contributed by atoms with Gasteiger partial charge in [-0.2, -0.15) is 0 Å². The van der Waals surface area contributed by atoms with Gasteiger partial charge in [0.15, 0.2) is 11.5 Å². The van der Waals surface area contributed by atoms with E-state index in [1.54, 1.807) is 0 Å². The van der Waals surface area contributed by atoms with E-state index in [4.69, 9.17) is 9.47 Å². The van der Waals surface area contributed by atoms with Crippen LogP contribution >= 0.6 is 0 Å². The summed E-state index contributed by atoms with van der Waals surface area (Å²) in [4.78, 5) is 15.7. The highest BCUT2D eigenvalue weighted by atomic mass is 16.5. The summed E-state index contributed by atoms with van der Waals surface area (Å²) in [6.07, 6.45) is 5.06. The number of hydrogen-bond acceptors (Lipinski definition) is 5. The van der Waals surface area contributed by atoms with Crippen molar-refractivity contribution in [3.8, 4) is 11.5 Å². The van der Waals surface area contributed by atoms with Gasteiger partial charge in [0.25, 0.3) is 0 Å². The van der Waals surface area contributed by atoms with E-state index in [1.807, 2.05) is 18.2 Å². The molecule has 0 unspecified atom stereocenters. The third-order valence-corrected chi connectivity index (χ3v) is 6.16. The van der Waals surface area contributed by atoms with Crippen molar-refractivity contribution < 1.29 is 14.3 Å². The lowest BCUT2D eigenvalue weighted by atomic mass is 9.84. The lowest BCUT2D eigenvalue weighted by Crippen LogP contribution is -2.57. The third-order valence-electron chi connectivity index (χ3n) is 6.16. The van der Waals surface area contributed by atoms with Crippen LogP contribution in [0.25, 0.3) is 0 Å². The van der Waals surface area contributed by atoms with Crippen LogP contribution in [0.3, 0.4) is 0 Å². The molecule has 154 valence electrons. The molecule has 0 bridgehead atoms. The number of nitrogens with zero attached hydrogens (tertiary/aromatic N) is 1. The predicted molar refractivity (Wildman–Crippen MR) is 109 cm³/mol. The van der Waals surface area contributed by atoms with Crippen LogP contribution in [0.1, 0.15) is 51.5 Å². The van der Waals surface area contributed by atoms with E-state index >= 15 is 0 Å². The van der Waals surface area contributed by atoms with Crippen molar-refractivity contribution in [3.63, 3.8) is 0 Å². The van der Waals surface area contributed by atoms with E-state index in [9.17, 15) is 4.79 Å². The first-order chi connectivity index (χ1) is 13.6. The Morgan fingerprint density at radius 1 is 1.21 bits per heavy atom. The van der Waals surface area contributed by atoms with Crippen molar-refractivity contribution >= 4 is 5.91 Å². The van der Waals surface area contributed by atoms with Gasteiger partial charge in [-0.3, -0.25) is 9.69 Å². The van der Waals surface area contributed by atoms with Crippen LogP contribution in [0.2, 0.25) is 0 Å². The van der Waals surface area contributed by atoms with Crippen LogP contribution in [-0.4, -0.2) is 54.7 Å². The van der Waals surface area contributed by atoms with Gasteiger partial charge in [0.1, 0.15) is 5.54 Å². The molecule has 3 aliphatic heterocycles. The Morgan fingerprint density at radius 2 is 2.04 bits per heavy atom. The summed E-state index contributed by atoms with van der Waals surface area (Å²) in [6.45, 7) is 8.22. The summed E-state index contributed by atoms with van der Waals surface area (Å²) in [5.74, 6) is 1.75. The molecule has 3 heterocycles. The molecule has 0 aliphatic carbocycles. The highest BCUT2D eigenvalue weighted by Gasteiger charge is 2.51. The second-order valence-corrected chi connectivity index (χ2v) is 8.67. The zero-order valence-electron chi connectivity index (χ0n) is 17.1. The van der Waals surface area contributed by atoms with Crippen LogP contribution < -0.4 is 20.1 Å². The van der Waals surface area contributed by atoms with Crippen molar-refractivity contribution in [2.75, 3.05) is 26.3 Å². The first kappa shape index (κ1) is 19.5. The molecule has 1 amide bonds. The van der Waals surface area contributed by atoms with Gasteiger partial charge >= 0.3 is 0 Å². The molecular formula is C22H33N3O3. The number of piperidine rings is 1. The molecule has 0 spiro atoms. The normalized spacial score (nSPS) is 27.3. The molecule has 0 aromatic heterocycles. The number of ether oxygens (including phenoxy) is 2. The van der Waals surface area contributed by atoms with E-state index in [-0.39, 0.29) is 11.4 Å². The molecule has 0 saturated carbocycles. The highest BCUT2D eigenvalue weighted by molar-refractivity contribution is 5.87.